The van der Waals surface area contributed by atoms with Crippen molar-refractivity contribution in [2.24, 2.45) is 0 Å². The lowest BCUT2D eigenvalue weighted by atomic mass is 10.0. The van der Waals surface area contributed by atoms with Crippen molar-refractivity contribution < 1.29 is 9.90 Å². The predicted molar refractivity (Wildman–Crippen MR) is 84.7 cm³/mol. The molecule has 21 heavy (non-hydrogen) atoms. The Labute approximate surface area is 125 Å². The monoisotopic (exact) mass is 287 g/mol. The van der Waals surface area contributed by atoms with Gasteiger partial charge in [-0.1, -0.05) is 12.1 Å². The van der Waals surface area contributed by atoms with E-state index in [4.69, 9.17) is 0 Å². The number of hydrogen-bond acceptors (Lipinski definition) is 2. The Bertz CT molecular complexity index is 596. The van der Waals surface area contributed by atoms with Crippen LogP contribution in [0.4, 0.5) is 5.69 Å². The van der Waals surface area contributed by atoms with Crippen LogP contribution < -0.4 is 4.48 Å². The number of para-hydroxylation sites is 1. The van der Waals surface area contributed by atoms with Gasteiger partial charge in [0.15, 0.2) is 6.17 Å². The van der Waals surface area contributed by atoms with Crippen molar-refractivity contribution in [3.8, 4) is 0 Å². The number of piperidine rings is 1. The number of carbonyl (C=O) groups is 1. The van der Waals surface area contributed by atoms with Crippen LogP contribution in [0.1, 0.15) is 31.7 Å². The second-order valence-corrected chi connectivity index (χ2v) is 6.07. The number of carboxylic acid groups (broad SMARTS) is 1. The van der Waals surface area contributed by atoms with Crippen molar-refractivity contribution in [3.63, 3.8) is 0 Å². The molecule has 1 N–H and O–H groups in total. The number of likely N-dealkylation sites (tertiary alicyclic amines) is 1. The SMILES string of the molecule is CC[N@@+]1([C@H]2CCCCN2C)C=C(C(=O)O)c2ccccc21. The normalized spacial score (nSPS) is 29.0. The highest BCUT2D eigenvalue weighted by molar-refractivity contribution is 6.19. The van der Waals surface area contributed by atoms with Crippen LogP contribution in [0.25, 0.3) is 5.57 Å². The number of nitrogens with zero attached hydrogens (tertiary/aromatic N) is 2. The number of hydrogen-bond donors (Lipinski definition) is 1. The lowest BCUT2D eigenvalue weighted by molar-refractivity contribution is -0.130. The van der Waals surface area contributed by atoms with Gasteiger partial charge in [0.05, 0.1) is 12.1 Å². The molecule has 2 aliphatic rings. The third kappa shape index (κ3) is 2.10. The molecule has 0 spiro atoms. The molecular weight excluding hydrogens is 264 g/mol. The van der Waals surface area contributed by atoms with Gasteiger partial charge in [0, 0.05) is 19.0 Å². The Morgan fingerprint density at radius 1 is 1.38 bits per heavy atom. The molecule has 1 fully saturated rings. The Morgan fingerprint density at radius 2 is 2.14 bits per heavy atom. The van der Waals surface area contributed by atoms with Gasteiger partial charge < -0.3 is 5.11 Å². The molecule has 0 unspecified atom stereocenters. The minimum atomic E-state index is -0.825. The van der Waals surface area contributed by atoms with E-state index in [1.165, 1.54) is 12.8 Å². The Kier molecular flexibility index (Phi) is 3.59. The summed E-state index contributed by atoms with van der Waals surface area (Å²) in [6.45, 7) is 4.12. The van der Waals surface area contributed by atoms with Crippen LogP contribution in [0.3, 0.4) is 0 Å². The van der Waals surface area contributed by atoms with Gasteiger partial charge in [0.2, 0.25) is 0 Å². The van der Waals surface area contributed by atoms with Gasteiger partial charge in [0.25, 0.3) is 0 Å². The second-order valence-electron chi connectivity index (χ2n) is 6.07. The highest BCUT2D eigenvalue weighted by Crippen LogP contribution is 2.44. The van der Waals surface area contributed by atoms with E-state index in [1.54, 1.807) is 0 Å². The first-order chi connectivity index (χ1) is 10.1. The summed E-state index contributed by atoms with van der Waals surface area (Å²) in [6.07, 6.45) is 5.87. The molecular formula is C17H23N2O2+. The lowest BCUT2D eigenvalue weighted by Gasteiger charge is -2.45. The summed E-state index contributed by atoms with van der Waals surface area (Å²) in [5.74, 6) is -0.825. The number of carboxylic acids is 1. The van der Waals surface area contributed by atoms with E-state index in [-0.39, 0.29) is 0 Å². The van der Waals surface area contributed by atoms with E-state index in [1.807, 2.05) is 24.4 Å². The van der Waals surface area contributed by atoms with Crippen LogP contribution >= 0.6 is 0 Å². The van der Waals surface area contributed by atoms with Crippen LogP contribution in [-0.2, 0) is 4.79 Å². The molecule has 0 aromatic heterocycles. The van der Waals surface area contributed by atoms with Crippen LogP contribution in [0.5, 0.6) is 0 Å². The molecule has 2 heterocycles. The third-order valence-corrected chi connectivity index (χ3v) is 5.02. The van der Waals surface area contributed by atoms with E-state index >= 15 is 0 Å². The first-order valence-corrected chi connectivity index (χ1v) is 7.74. The fraction of sp³-hybridized carbons (Fsp3) is 0.471. The maximum Gasteiger partial charge on any atom is 0.341 e. The topological polar surface area (TPSA) is 40.5 Å². The summed E-state index contributed by atoms with van der Waals surface area (Å²) in [6, 6.07) is 7.97. The molecule has 0 saturated carbocycles. The zero-order chi connectivity index (χ0) is 15.0. The Balaban J connectivity index is 2.15. The van der Waals surface area contributed by atoms with E-state index in [2.05, 4.69) is 24.9 Å². The standard InChI is InChI=1S/C17H22N2O2/c1-3-19(16-10-6-7-11-18(16)2)12-14(17(20)21)13-8-4-5-9-15(13)19/h4-5,8-9,12,16H,3,6-7,10-11H2,1-2H3/p+1/t16-,19+/m0/s1. The summed E-state index contributed by atoms with van der Waals surface area (Å²) >= 11 is 0. The van der Waals surface area contributed by atoms with Crippen LogP contribution in [0, 0.1) is 0 Å². The molecule has 4 nitrogen and oxygen atoms in total. The van der Waals surface area contributed by atoms with Crippen LogP contribution in [0.2, 0.25) is 0 Å². The van der Waals surface area contributed by atoms with Gasteiger partial charge in [-0.05, 0) is 32.9 Å². The minimum absolute atomic E-state index is 0.335. The number of rotatable bonds is 3. The van der Waals surface area contributed by atoms with Gasteiger partial charge in [-0.2, -0.15) is 0 Å². The van der Waals surface area contributed by atoms with Crippen molar-refractivity contribution in [1.82, 2.24) is 9.38 Å². The summed E-state index contributed by atoms with van der Waals surface area (Å²) < 4.78 is 0.647. The quantitative estimate of drug-likeness (QED) is 0.869. The molecule has 0 bridgehead atoms. The molecule has 2 atom stereocenters. The van der Waals surface area contributed by atoms with Crippen molar-refractivity contribution in [2.75, 3.05) is 20.1 Å². The zero-order valence-corrected chi connectivity index (χ0v) is 12.7. The van der Waals surface area contributed by atoms with Gasteiger partial charge in [0.1, 0.15) is 17.5 Å². The zero-order valence-electron chi connectivity index (χ0n) is 12.7. The summed E-state index contributed by atoms with van der Waals surface area (Å²) in [4.78, 5) is 14.0. The molecule has 1 aromatic carbocycles. The van der Waals surface area contributed by atoms with E-state index in [9.17, 15) is 9.90 Å². The third-order valence-electron chi connectivity index (χ3n) is 5.02. The van der Waals surface area contributed by atoms with Gasteiger partial charge in [-0.3, -0.25) is 4.90 Å². The molecule has 0 radical (unpaired) electrons. The molecule has 2 aliphatic heterocycles. The molecule has 1 aromatic rings. The van der Waals surface area contributed by atoms with E-state index in [0.717, 1.165) is 30.8 Å². The number of quaternary nitrogens is 1. The van der Waals surface area contributed by atoms with Gasteiger partial charge in [-0.25, -0.2) is 9.28 Å². The largest absolute Gasteiger partial charge is 0.477 e. The second kappa shape index (κ2) is 5.28. The molecule has 4 heteroatoms. The molecule has 1 saturated heterocycles. The number of benzene rings is 1. The highest BCUT2D eigenvalue weighted by Gasteiger charge is 2.47. The average Bonchev–Trinajstić information content (AvgIpc) is 2.84. The van der Waals surface area contributed by atoms with Gasteiger partial charge in [-0.15, -0.1) is 0 Å². The van der Waals surface area contributed by atoms with Crippen molar-refractivity contribution in [3.05, 3.63) is 36.0 Å². The first-order valence-electron chi connectivity index (χ1n) is 7.74. The predicted octanol–water partition coefficient (Wildman–Crippen LogP) is 2.89. The number of aliphatic carboxylic acids is 1. The maximum absolute atomic E-state index is 11.6. The van der Waals surface area contributed by atoms with Crippen LogP contribution in [-0.4, -0.2) is 42.3 Å². The molecule has 3 rings (SSSR count). The fourth-order valence-electron chi connectivity index (χ4n) is 3.96. The Morgan fingerprint density at radius 3 is 2.81 bits per heavy atom. The minimum Gasteiger partial charge on any atom is -0.477 e. The first kappa shape index (κ1) is 14.3. The van der Waals surface area contributed by atoms with Crippen molar-refractivity contribution >= 4 is 17.2 Å². The van der Waals surface area contributed by atoms with Crippen molar-refractivity contribution in [1.29, 1.82) is 0 Å². The summed E-state index contributed by atoms with van der Waals surface area (Å²) in [5, 5.41) is 9.56. The Hall–Kier alpha value is -1.65. The molecule has 0 aliphatic carbocycles. The fourth-order valence-corrected chi connectivity index (χ4v) is 3.96. The van der Waals surface area contributed by atoms with Crippen LogP contribution in [0.15, 0.2) is 30.5 Å². The summed E-state index contributed by atoms with van der Waals surface area (Å²) in [5.41, 5.74) is 2.47. The highest BCUT2D eigenvalue weighted by atomic mass is 16.4. The lowest BCUT2D eigenvalue weighted by Crippen LogP contribution is -2.60. The summed E-state index contributed by atoms with van der Waals surface area (Å²) in [7, 11) is 2.16. The van der Waals surface area contributed by atoms with Crippen molar-refractivity contribution in [2.45, 2.75) is 32.4 Å². The van der Waals surface area contributed by atoms with E-state index < -0.39 is 5.97 Å². The maximum atomic E-state index is 11.6. The smallest absolute Gasteiger partial charge is 0.341 e. The average molecular weight is 287 g/mol. The molecule has 112 valence electrons. The molecule has 0 amide bonds. The van der Waals surface area contributed by atoms with Gasteiger partial charge >= 0.3 is 5.97 Å². The van der Waals surface area contributed by atoms with E-state index in [0.29, 0.717) is 16.2 Å². The number of fused-ring (bicyclic) bond motifs is 1.